The van der Waals surface area contributed by atoms with Gasteiger partial charge in [-0.1, -0.05) is 41.5 Å². The molecule has 1 rings (SSSR count). The highest BCUT2D eigenvalue weighted by Gasteiger charge is 2.47. The van der Waals surface area contributed by atoms with Crippen LogP contribution in [0.5, 0.6) is 0 Å². The van der Waals surface area contributed by atoms with Crippen LogP contribution in [0.4, 0.5) is 0 Å². The van der Waals surface area contributed by atoms with Crippen molar-refractivity contribution in [2.45, 2.75) is 48.0 Å². The van der Waals surface area contributed by atoms with Crippen LogP contribution in [0.2, 0.25) is 0 Å². The first-order valence-electron chi connectivity index (χ1n) is 6.50. The second-order valence-corrected chi connectivity index (χ2v) is 6.11. The number of hydrogen-bond donors (Lipinski definition) is 0. The molecule has 1 aliphatic heterocycles. The van der Waals surface area contributed by atoms with Crippen molar-refractivity contribution in [3.8, 4) is 0 Å². The van der Waals surface area contributed by atoms with Crippen LogP contribution in [-0.2, 0) is 4.74 Å². The summed E-state index contributed by atoms with van der Waals surface area (Å²) in [5.41, 5.74) is 0.395. The van der Waals surface area contributed by atoms with Crippen LogP contribution in [0, 0.1) is 29.1 Å². The molecule has 0 aliphatic carbocycles. The maximum absolute atomic E-state index is 5.79. The van der Waals surface area contributed by atoms with Gasteiger partial charge >= 0.3 is 0 Å². The molecule has 0 aromatic rings. The summed E-state index contributed by atoms with van der Waals surface area (Å²) in [6.07, 6.45) is 1.24. The lowest BCUT2D eigenvalue weighted by Crippen LogP contribution is -2.49. The van der Waals surface area contributed by atoms with Crippen molar-refractivity contribution in [2.24, 2.45) is 29.1 Å². The third-order valence-corrected chi connectivity index (χ3v) is 4.57. The summed E-state index contributed by atoms with van der Waals surface area (Å²) >= 11 is 0. The minimum absolute atomic E-state index is 0.395. The Hall–Kier alpha value is -0.0400. The molecule has 90 valence electrons. The van der Waals surface area contributed by atoms with Crippen LogP contribution in [-0.4, -0.2) is 13.2 Å². The monoisotopic (exact) mass is 212 g/mol. The predicted molar refractivity (Wildman–Crippen MR) is 65.9 cm³/mol. The highest BCUT2D eigenvalue weighted by atomic mass is 16.5. The van der Waals surface area contributed by atoms with Gasteiger partial charge in [0.2, 0.25) is 0 Å². The van der Waals surface area contributed by atoms with Gasteiger partial charge in [0.05, 0.1) is 6.61 Å². The molecule has 15 heavy (non-hydrogen) atoms. The Balaban J connectivity index is 2.99. The van der Waals surface area contributed by atoms with Crippen molar-refractivity contribution in [1.29, 1.82) is 0 Å². The number of hydrogen-bond acceptors (Lipinski definition) is 1. The van der Waals surface area contributed by atoms with Crippen LogP contribution in [0.25, 0.3) is 0 Å². The highest BCUT2D eigenvalue weighted by molar-refractivity contribution is 4.94. The fraction of sp³-hybridized carbons (Fsp3) is 1.00. The summed E-state index contributed by atoms with van der Waals surface area (Å²) in [5.74, 6) is 3.03. The molecule has 0 spiro atoms. The van der Waals surface area contributed by atoms with Gasteiger partial charge in [0.15, 0.2) is 0 Å². The summed E-state index contributed by atoms with van der Waals surface area (Å²) in [4.78, 5) is 0. The fourth-order valence-corrected chi connectivity index (χ4v) is 3.65. The van der Waals surface area contributed by atoms with E-state index in [0.717, 1.165) is 25.0 Å². The van der Waals surface area contributed by atoms with Crippen molar-refractivity contribution in [2.75, 3.05) is 13.2 Å². The Bertz CT molecular complexity index is 186. The Morgan fingerprint density at radius 3 is 1.87 bits per heavy atom. The fourth-order valence-electron chi connectivity index (χ4n) is 3.65. The van der Waals surface area contributed by atoms with Crippen LogP contribution < -0.4 is 0 Å². The van der Waals surface area contributed by atoms with E-state index >= 15 is 0 Å². The Labute approximate surface area is 95.6 Å². The second kappa shape index (κ2) is 4.86. The van der Waals surface area contributed by atoms with Crippen LogP contribution in [0.15, 0.2) is 0 Å². The SMILES string of the molecule is CC(C)[C@H]1CCOCC1(C(C)C)C(C)C. The zero-order valence-corrected chi connectivity index (χ0v) is 11.3. The largest absolute Gasteiger partial charge is 0.381 e. The van der Waals surface area contributed by atoms with E-state index in [0.29, 0.717) is 17.3 Å². The molecule has 1 atom stereocenters. The Morgan fingerprint density at radius 2 is 1.53 bits per heavy atom. The Kier molecular flexibility index (Phi) is 4.22. The first-order valence-corrected chi connectivity index (χ1v) is 6.50. The van der Waals surface area contributed by atoms with E-state index in [-0.39, 0.29) is 0 Å². The van der Waals surface area contributed by atoms with E-state index in [4.69, 9.17) is 4.74 Å². The quantitative estimate of drug-likeness (QED) is 0.687. The van der Waals surface area contributed by atoms with Crippen LogP contribution in [0.1, 0.15) is 48.0 Å². The summed E-state index contributed by atoms with van der Waals surface area (Å²) in [7, 11) is 0. The van der Waals surface area contributed by atoms with E-state index in [1.54, 1.807) is 0 Å². The smallest absolute Gasteiger partial charge is 0.0530 e. The molecule has 0 N–H and O–H groups in total. The van der Waals surface area contributed by atoms with Crippen molar-refractivity contribution >= 4 is 0 Å². The minimum Gasteiger partial charge on any atom is -0.381 e. The maximum atomic E-state index is 5.79. The predicted octanol–water partition coefficient (Wildman–Crippen LogP) is 3.98. The molecule has 1 fully saturated rings. The van der Waals surface area contributed by atoms with Gasteiger partial charge in [-0.15, -0.1) is 0 Å². The maximum Gasteiger partial charge on any atom is 0.0530 e. The molecule has 0 radical (unpaired) electrons. The topological polar surface area (TPSA) is 9.23 Å². The molecule has 1 heterocycles. The normalized spacial score (nSPS) is 26.6. The van der Waals surface area contributed by atoms with Gasteiger partial charge in [0.1, 0.15) is 0 Å². The zero-order chi connectivity index (χ0) is 11.6. The third kappa shape index (κ3) is 2.22. The van der Waals surface area contributed by atoms with Gasteiger partial charge in [-0.2, -0.15) is 0 Å². The molecule has 1 nitrogen and oxygen atoms in total. The van der Waals surface area contributed by atoms with Crippen molar-refractivity contribution in [1.82, 2.24) is 0 Å². The average Bonchev–Trinajstić information content (AvgIpc) is 2.16. The average molecular weight is 212 g/mol. The van der Waals surface area contributed by atoms with Gasteiger partial charge in [-0.05, 0) is 30.1 Å². The lowest BCUT2D eigenvalue weighted by Gasteiger charge is -2.51. The second-order valence-electron chi connectivity index (χ2n) is 6.11. The lowest BCUT2D eigenvalue weighted by atomic mass is 9.57. The molecule has 0 unspecified atom stereocenters. The van der Waals surface area contributed by atoms with Gasteiger partial charge in [0, 0.05) is 12.0 Å². The molecule has 1 heteroatoms. The van der Waals surface area contributed by atoms with Crippen molar-refractivity contribution < 1.29 is 4.74 Å². The van der Waals surface area contributed by atoms with E-state index < -0.39 is 0 Å². The van der Waals surface area contributed by atoms with Crippen LogP contribution in [0.3, 0.4) is 0 Å². The standard InChI is InChI=1S/C14H28O/c1-10(2)13-7-8-15-9-14(13,11(3)4)12(5)6/h10-13H,7-9H2,1-6H3/t13-/m1/s1. The molecule has 1 saturated heterocycles. The van der Waals surface area contributed by atoms with Gasteiger partial charge < -0.3 is 4.74 Å². The molecule has 0 amide bonds. The molecular formula is C14H28O. The van der Waals surface area contributed by atoms with Crippen molar-refractivity contribution in [3.05, 3.63) is 0 Å². The summed E-state index contributed by atoms with van der Waals surface area (Å²) < 4.78 is 5.79. The first-order chi connectivity index (χ1) is 6.93. The first kappa shape index (κ1) is 13.0. The highest BCUT2D eigenvalue weighted by Crippen LogP contribution is 2.49. The molecular weight excluding hydrogens is 184 g/mol. The summed E-state index contributed by atoms with van der Waals surface area (Å²) in [6, 6.07) is 0. The number of ether oxygens (including phenoxy) is 1. The zero-order valence-electron chi connectivity index (χ0n) is 11.3. The van der Waals surface area contributed by atoms with Crippen molar-refractivity contribution in [3.63, 3.8) is 0 Å². The molecule has 0 aromatic heterocycles. The van der Waals surface area contributed by atoms with Gasteiger partial charge in [-0.25, -0.2) is 0 Å². The lowest BCUT2D eigenvalue weighted by molar-refractivity contribution is -0.120. The molecule has 0 saturated carbocycles. The molecule has 0 aromatic carbocycles. The van der Waals surface area contributed by atoms with Gasteiger partial charge in [0.25, 0.3) is 0 Å². The minimum atomic E-state index is 0.395. The third-order valence-electron chi connectivity index (χ3n) is 4.57. The summed E-state index contributed by atoms with van der Waals surface area (Å²) in [5, 5.41) is 0. The molecule has 1 aliphatic rings. The van der Waals surface area contributed by atoms with E-state index in [2.05, 4.69) is 41.5 Å². The van der Waals surface area contributed by atoms with E-state index in [1.165, 1.54) is 6.42 Å². The number of rotatable bonds is 3. The summed E-state index contributed by atoms with van der Waals surface area (Å²) in [6.45, 7) is 16.1. The Morgan fingerprint density at radius 1 is 1.00 bits per heavy atom. The van der Waals surface area contributed by atoms with Gasteiger partial charge in [-0.3, -0.25) is 0 Å². The molecule has 0 bridgehead atoms. The van der Waals surface area contributed by atoms with E-state index in [9.17, 15) is 0 Å². The van der Waals surface area contributed by atoms with Crippen LogP contribution >= 0.6 is 0 Å². The van der Waals surface area contributed by atoms with E-state index in [1.807, 2.05) is 0 Å².